The average molecular weight is 360 g/mol. The molecule has 2 fully saturated rings. The monoisotopic (exact) mass is 360 g/mol. The molecule has 144 valence electrons. The van der Waals surface area contributed by atoms with Crippen molar-refractivity contribution in [2.45, 2.75) is 58.2 Å². The zero-order chi connectivity index (χ0) is 18.6. The zero-order valence-electron chi connectivity index (χ0n) is 16.4. The second-order valence-electron chi connectivity index (χ2n) is 7.64. The number of rotatable bonds is 5. The van der Waals surface area contributed by atoms with Crippen LogP contribution in [-0.2, 0) is 16.1 Å². The van der Waals surface area contributed by atoms with Crippen LogP contribution >= 0.6 is 0 Å². The van der Waals surface area contributed by atoms with E-state index in [9.17, 15) is 4.79 Å². The van der Waals surface area contributed by atoms with Gasteiger partial charge in [-0.2, -0.15) is 0 Å². The molecule has 0 radical (unpaired) electrons. The van der Waals surface area contributed by atoms with Gasteiger partial charge in [0.1, 0.15) is 5.75 Å². The average Bonchev–Trinajstić information content (AvgIpc) is 2.77. The van der Waals surface area contributed by atoms with Crippen LogP contribution in [0.15, 0.2) is 24.3 Å². The molecule has 2 aliphatic rings. The Morgan fingerprint density at radius 2 is 2.04 bits per heavy atom. The van der Waals surface area contributed by atoms with Crippen LogP contribution < -0.4 is 4.74 Å². The lowest BCUT2D eigenvalue weighted by Crippen LogP contribution is -2.60. The van der Waals surface area contributed by atoms with Gasteiger partial charge in [-0.1, -0.05) is 18.2 Å². The van der Waals surface area contributed by atoms with Gasteiger partial charge >= 0.3 is 0 Å². The van der Waals surface area contributed by atoms with E-state index < -0.39 is 5.60 Å². The SMILES string of the molecule is CCOc1ccccc1CN1CCOC2(CCCCN(C(C)C)C2=O)C1. The van der Waals surface area contributed by atoms with Gasteiger partial charge in [0, 0.05) is 37.8 Å². The van der Waals surface area contributed by atoms with E-state index in [1.165, 1.54) is 5.56 Å². The van der Waals surface area contributed by atoms with Crippen molar-refractivity contribution >= 4 is 5.91 Å². The third kappa shape index (κ3) is 4.04. The number of para-hydroxylation sites is 1. The Morgan fingerprint density at radius 1 is 1.23 bits per heavy atom. The molecular weight excluding hydrogens is 328 g/mol. The molecule has 26 heavy (non-hydrogen) atoms. The van der Waals surface area contributed by atoms with Gasteiger partial charge < -0.3 is 14.4 Å². The number of likely N-dealkylation sites (tertiary alicyclic amines) is 1. The minimum absolute atomic E-state index is 0.174. The van der Waals surface area contributed by atoms with Crippen LogP contribution in [0.5, 0.6) is 5.75 Å². The van der Waals surface area contributed by atoms with Crippen molar-refractivity contribution in [2.75, 3.05) is 32.8 Å². The summed E-state index contributed by atoms with van der Waals surface area (Å²) < 4.78 is 11.9. The van der Waals surface area contributed by atoms with E-state index in [1.807, 2.05) is 30.0 Å². The third-order valence-electron chi connectivity index (χ3n) is 5.43. The Labute approximate surface area is 157 Å². The van der Waals surface area contributed by atoms with E-state index in [0.29, 0.717) is 19.8 Å². The van der Waals surface area contributed by atoms with Gasteiger partial charge in [0.05, 0.1) is 13.2 Å². The molecule has 0 aromatic heterocycles. The highest BCUT2D eigenvalue weighted by Crippen LogP contribution is 2.32. The Kier molecular flexibility index (Phi) is 6.20. The number of ether oxygens (including phenoxy) is 2. The summed E-state index contributed by atoms with van der Waals surface area (Å²) in [4.78, 5) is 17.6. The Hall–Kier alpha value is -1.59. The highest BCUT2D eigenvalue weighted by Gasteiger charge is 2.47. The van der Waals surface area contributed by atoms with E-state index in [-0.39, 0.29) is 11.9 Å². The third-order valence-corrected chi connectivity index (χ3v) is 5.43. The van der Waals surface area contributed by atoms with Gasteiger partial charge in [0.15, 0.2) is 5.60 Å². The van der Waals surface area contributed by atoms with Crippen molar-refractivity contribution in [3.63, 3.8) is 0 Å². The zero-order valence-corrected chi connectivity index (χ0v) is 16.4. The molecule has 1 spiro atoms. The molecule has 2 aliphatic heterocycles. The van der Waals surface area contributed by atoms with Gasteiger partial charge in [-0.15, -0.1) is 0 Å². The summed E-state index contributed by atoms with van der Waals surface area (Å²) in [5.74, 6) is 1.11. The predicted octanol–water partition coefficient (Wildman–Crippen LogP) is 3.08. The molecule has 2 heterocycles. The van der Waals surface area contributed by atoms with Crippen molar-refractivity contribution in [3.05, 3.63) is 29.8 Å². The van der Waals surface area contributed by atoms with Crippen LogP contribution in [0.3, 0.4) is 0 Å². The first-order valence-electron chi connectivity index (χ1n) is 9.94. The summed E-state index contributed by atoms with van der Waals surface area (Å²) in [6.45, 7) is 10.6. The van der Waals surface area contributed by atoms with Crippen LogP contribution in [0.4, 0.5) is 0 Å². The number of morpholine rings is 1. The summed E-state index contributed by atoms with van der Waals surface area (Å²) >= 11 is 0. The molecule has 0 bridgehead atoms. The van der Waals surface area contributed by atoms with Crippen LogP contribution in [0.2, 0.25) is 0 Å². The largest absolute Gasteiger partial charge is 0.494 e. The van der Waals surface area contributed by atoms with Crippen molar-refractivity contribution in [1.82, 2.24) is 9.80 Å². The first kappa shape index (κ1) is 19.2. The first-order valence-corrected chi connectivity index (χ1v) is 9.94. The number of carbonyl (C=O) groups excluding carboxylic acids is 1. The maximum absolute atomic E-state index is 13.3. The summed E-state index contributed by atoms with van der Waals surface area (Å²) in [6.07, 6.45) is 2.92. The van der Waals surface area contributed by atoms with Gasteiger partial charge in [0.2, 0.25) is 0 Å². The number of amides is 1. The van der Waals surface area contributed by atoms with Crippen molar-refractivity contribution in [1.29, 1.82) is 0 Å². The smallest absolute Gasteiger partial charge is 0.256 e. The fraction of sp³-hybridized carbons (Fsp3) is 0.667. The highest BCUT2D eigenvalue weighted by atomic mass is 16.5. The standard InChI is InChI=1S/C21H32N2O3/c1-4-25-19-10-6-5-9-18(19)15-22-13-14-26-21(16-22)11-7-8-12-23(17(2)3)20(21)24/h5-6,9-10,17H,4,7-8,11-16H2,1-3H3. The number of hydrogen-bond acceptors (Lipinski definition) is 4. The maximum Gasteiger partial charge on any atom is 0.256 e. The number of hydrogen-bond donors (Lipinski definition) is 0. The summed E-state index contributed by atoms with van der Waals surface area (Å²) in [5, 5.41) is 0. The molecule has 1 aromatic rings. The minimum atomic E-state index is -0.681. The first-order chi connectivity index (χ1) is 12.6. The van der Waals surface area contributed by atoms with E-state index in [1.54, 1.807) is 0 Å². The minimum Gasteiger partial charge on any atom is -0.494 e. The van der Waals surface area contributed by atoms with Crippen LogP contribution in [0, 0.1) is 0 Å². The molecule has 3 rings (SSSR count). The molecular formula is C21H32N2O3. The molecule has 0 aliphatic carbocycles. The normalized spacial score (nSPS) is 24.9. The van der Waals surface area contributed by atoms with Crippen LogP contribution in [0.1, 0.15) is 45.6 Å². The topological polar surface area (TPSA) is 42.0 Å². The summed E-state index contributed by atoms with van der Waals surface area (Å²) in [6, 6.07) is 8.40. The predicted molar refractivity (Wildman–Crippen MR) is 102 cm³/mol. The Balaban J connectivity index is 1.77. The summed E-state index contributed by atoms with van der Waals surface area (Å²) in [7, 11) is 0. The molecule has 0 saturated carbocycles. The van der Waals surface area contributed by atoms with E-state index in [0.717, 1.165) is 44.6 Å². The molecule has 5 heteroatoms. The fourth-order valence-corrected chi connectivity index (χ4v) is 4.10. The van der Waals surface area contributed by atoms with E-state index in [2.05, 4.69) is 24.8 Å². The fourth-order valence-electron chi connectivity index (χ4n) is 4.10. The quantitative estimate of drug-likeness (QED) is 0.809. The molecule has 1 amide bonds. The Morgan fingerprint density at radius 3 is 2.81 bits per heavy atom. The molecule has 1 atom stereocenters. The molecule has 1 unspecified atom stereocenters. The number of nitrogens with zero attached hydrogens (tertiary/aromatic N) is 2. The number of benzene rings is 1. The molecule has 2 saturated heterocycles. The van der Waals surface area contributed by atoms with E-state index in [4.69, 9.17) is 9.47 Å². The maximum atomic E-state index is 13.3. The van der Waals surface area contributed by atoms with Crippen molar-refractivity contribution < 1.29 is 14.3 Å². The van der Waals surface area contributed by atoms with Crippen molar-refractivity contribution in [3.8, 4) is 5.75 Å². The lowest BCUT2D eigenvalue weighted by molar-refractivity contribution is -0.172. The summed E-state index contributed by atoms with van der Waals surface area (Å²) in [5.41, 5.74) is 0.493. The Bertz CT molecular complexity index is 619. The van der Waals surface area contributed by atoms with Crippen molar-refractivity contribution in [2.24, 2.45) is 0 Å². The molecule has 1 aromatic carbocycles. The molecule has 5 nitrogen and oxygen atoms in total. The number of carbonyl (C=O) groups is 1. The van der Waals surface area contributed by atoms with E-state index >= 15 is 0 Å². The second-order valence-corrected chi connectivity index (χ2v) is 7.64. The van der Waals surface area contributed by atoms with Gasteiger partial charge in [-0.25, -0.2) is 0 Å². The second kappa shape index (κ2) is 8.40. The van der Waals surface area contributed by atoms with Gasteiger partial charge in [-0.3, -0.25) is 9.69 Å². The lowest BCUT2D eigenvalue weighted by Gasteiger charge is -2.43. The molecule has 0 N–H and O–H groups in total. The lowest BCUT2D eigenvalue weighted by atomic mass is 9.93. The van der Waals surface area contributed by atoms with Gasteiger partial charge in [-0.05, 0) is 46.1 Å². The van der Waals surface area contributed by atoms with Crippen LogP contribution in [-0.4, -0.2) is 60.2 Å². The van der Waals surface area contributed by atoms with Crippen LogP contribution in [0.25, 0.3) is 0 Å². The van der Waals surface area contributed by atoms with Gasteiger partial charge in [0.25, 0.3) is 5.91 Å². The highest BCUT2D eigenvalue weighted by molar-refractivity contribution is 5.86.